The zero-order chi connectivity index (χ0) is 21.0. The van der Waals surface area contributed by atoms with Crippen LogP contribution in [0.3, 0.4) is 0 Å². The Morgan fingerprint density at radius 1 is 1.24 bits per heavy atom. The normalized spacial score (nSPS) is 10.3. The molecule has 0 fully saturated rings. The van der Waals surface area contributed by atoms with Crippen molar-refractivity contribution in [2.75, 3.05) is 21.3 Å². The first kappa shape index (κ1) is 20.1. The van der Waals surface area contributed by atoms with Crippen LogP contribution in [0.4, 0.5) is 0 Å². The molecule has 1 amide bonds. The number of ether oxygens (including phenoxy) is 3. The number of nitrogens with zero attached hydrogens (tertiary/aromatic N) is 2. The molecule has 3 N–H and O–H groups in total. The smallest absolute Gasteiger partial charge is 0.287 e. The van der Waals surface area contributed by atoms with Gasteiger partial charge in [-0.05, 0) is 12.1 Å². The van der Waals surface area contributed by atoms with Gasteiger partial charge in [0.2, 0.25) is 5.75 Å². The van der Waals surface area contributed by atoms with E-state index >= 15 is 0 Å². The number of nitrogens with one attached hydrogen (secondary N) is 3. The van der Waals surface area contributed by atoms with Crippen LogP contribution in [0.1, 0.15) is 22.0 Å². The summed E-state index contributed by atoms with van der Waals surface area (Å²) in [6, 6.07) is 5.46. The second-order valence-corrected chi connectivity index (χ2v) is 6.16. The molecule has 0 bridgehead atoms. The van der Waals surface area contributed by atoms with Crippen molar-refractivity contribution < 1.29 is 19.0 Å². The number of carbonyl (C=O) groups excluding carboxylic acids is 1. The number of halogens is 1. The molecule has 2 heterocycles. The number of hydrogen-bond donors (Lipinski definition) is 3. The average molecular weight is 416 g/mol. The van der Waals surface area contributed by atoms with Crippen molar-refractivity contribution in [3.05, 3.63) is 46.8 Å². The van der Waals surface area contributed by atoms with Crippen molar-refractivity contribution in [2.45, 2.75) is 6.54 Å². The monoisotopic (exact) mass is 415 g/mol. The van der Waals surface area contributed by atoms with Crippen molar-refractivity contribution in [2.24, 2.45) is 0 Å². The summed E-state index contributed by atoms with van der Waals surface area (Å²) in [5, 5.41) is 12.3. The SMILES string of the molecule is COc1ccc(-c2c(CNC(=O)c3ncc[nH]3)[nH]c(C#N)c2Cl)c(OC)c1OC. The molecular formula is C19H18ClN5O4. The molecule has 2 aromatic heterocycles. The van der Waals surface area contributed by atoms with Gasteiger partial charge in [-0.15, -0.1) is 0 Å². The number of H-pyrrole nitrogens is 2. The molecule has 150 valence electrons. The van der Waals surface area contributed by atoms with Crippen LogP contribution in [-0.2, 0) is 6.54 Å². The number of aromatic nitrogens is 3. The highest BCUT2D eigenvalue weighted by molar-refractivity contribution is 6.34. The van der Waals surface area contributed by atoms with Crippen molar-refractivity contribution in [3.63, 3.8) is 0 Å². The van der Waals surface area contributed by atoms with E-state index in [0.29, 0.717) is 34.1 Å². The van der Waals surface area contributed by atoms with Crippen molar-refractivity contribution in [1.82, 2.24) is 20.3 Å². The summed E-state index contributed by atoms with van der Waals surface area (Å²) in [6.45, 7) is 0.0771. The highest BCUT2D eigenvalue weighted by Crippen LogP contribution is 2.47. The highest BCUT2D eigenvalue weighted by Gasteiger charge is 2.25. The van der Waals surface area contributed by atoms with Gasteiger partial charge in [0.15, 0.2) is 17.3 Å². The number of nitriles is 1. The first-order valence-electron chi connectivity index (χ1n) is 8.43. The van der Waals surface area contributed by atoms with Crippen LogP contribution in [0.25, 0.3) is 11.1 Å². The Morgan fingerprint density at radius 2 is 2.00 bits per heavy atom. The van der Waals surface area contributed by atoms with Gasteiger partial charge in [-0.1, -0.05) is 11.6 Å². The Morgan fingerprint density at radius 3 is 2.59 bits per heavy atom. The second-order valence-electron chi connectivity index (χ2n) is 5.78. The zero-order valence-corrected chi connectivity index (χ0v) is 16.7. The molecule has 3 aromatic rings. The lowest BCUT2D eigenvalue weighted by molar-refractivity contribution is 0.0941. The largest absolute Gasteiger partial charge is 0.493 e. The Labute approximate surface area is 171 Å². The number of hydrogen-bond acceptors (Lipinski definition) is 6. The summed E-state index contributed by atoms with van der Waals surface area (Å²) >= 11 is 6.46. The lowest BCUT2D eigenvalue weighted by atomic mass is 10.0. The second kappa shape index (κ2) is 8.58. The fourth-order valence-corrected chi connectivity index (χ4v) is 3.26. The topological polar surface area (TPSA) is 125 Å². The highest BCUT2D eigenvalue weighted by atomic mass is 35.5. The quantitative estimate of drug-likeness (QED) is 0.544. The van der Waals surface area contributed by atoms with Gasteiger partial charge >= 0.3 is 0 Å². The van der Waals surface area contributed by atoms with Crippen molar-refractivity contribution >= 4 is 17.5 Å². The molecular weight excluding hydrogens is 398 g/mol. The number of aromatic amines is 2. The Bertz CT molecular complexity index is 1070. The van der Waals surface area contributed by atoms with Crippen LogP contribution < -0.4 is 19.5 Å². The standard InChI is InChI=1S/C19H18ClN5O4/c1-27-13-5-4-10(16(28-2)17(13)29-3)14-12(25-11(8-21)15(14)20)9-24-19(26)18-22-6-7-23-18/h4-7,25H,9H2,1-3H3,(H,22,23)(H,24,26). The van der Waals surface area contributed by atoms with Crippen LogP contribution in [0.5, 0.6) is 17.2 Å². The molecule has 0 saturated carbocycles. The molecule has 3 rings (SSSR count). The molecule has 10 heteroatoms. The molecule has 0 aliphatic rings. The first-order valence-corrected chi connectivity index (χ1v) is 8.80. The van der Waals surface area contributed by atoms with Gasteiger partial charge < -0.3 is 29.5 Å². The van der Waals surface area contributed by atoms with Gasteiger partial charge in [-0.2, -0.15) is 5.26 Å². The molecule has 0 aliphatic heterocycles. The number of rotatable bonds is 7. The summed E-state index contributed by atoms with van der Waals surface area (Å²) in [5.74, 6) is 1.02. The number of amides is 1. The van der Waals surface area contributed by atoms with Gasteiger partial charge in [0.25, 0.3) is 5.91 Å². The summed E-state index contributed by atoms with van der Waals surface area (Å²) in [4.78, 5) is 21.8. The van der Waals surface area contributed by atoms with E-state index in [0.717, 1.165) is 0 Å². The summed E-state index contributed by atoms with van der Waals surface area (Å²) in [7, 11) is 4.50. The number of methoxy groups -OCH3 is 3. The maximum atomic E-state index is 12.2. The third-order valence-electron chi connectivity index (χ3n) is 4.24. The molecule has 1 aromatic carbocycles. The molecule has 0 saturated heterocycles. The van der Waals surface area contributed by atoms with Gasteiger partial charge in [0.05, 0.1) is 32.9 Å². The molecule has 29 heavy (non-hydrogen) atoms. The van der Waals surface area contributed by atoms with E-state index in [1.807, 2.05) is 6.07 Å². The van der Waals surface area contributed by atoms with Crippen molar-refractivity contribution in [1.29, 1.82) is 5.26 Å². The minimum Gasteiger partial charge on any atom is -0.493 e. The van der Waals surface area contributed by atoms with Crippen LogP contribution in [0.2, 0.25) is 5.02 Å². The van der Waals surface area contributed by atoms with Gasteiger partial charge in [0, 0.05) is 29.2 Å². The Balaban J connectivity index is 2.07. The van der Waals surface area contributed by atoms with Crippen molar-refractivity contribution in [3.8, 4) is 34.4 Å². The van der Waals surface area contributed by atoms with E-state index in [4.69, 9.17) is 25.8 Å². The minimum absolute atomic E-state index is 0.0771. The zero-order valence-electron chi connectivity index (χ0n) is 15.9. The third kappa shape index (κ3) is 3.70. The minimum atomic E-state index is -0.399. The third-order valence-corrected chi connectivity index (χ3v) is 4.62. The number of imidazole rings is 1. The first-order chi connectivity index (χ1) is 14.0. The van der Waals surface area contributed by atoms with Crippen LogP contribution in [0.15, 0.2) is 24.5 Å². The number of carbonyl (C=O) groups is 1. The molecule has 0 spiro atoms. The Hall–Kier alpha value is -3.64. The lowest BCUT2D eigenvalue weighted by Crippen LogP contribution is -2.24. The average Bonchev–Trinajstić information content (AvgIpc) is 3.38. The summed E-state index contributed by atoms with van der Waals surface area (Å²) < 4.78 is 16.3. The molecule has 0 radical (unpaired) electrons. The predicted octanol–water partition coefficient (Wildman–Crippen LogP) is 2.89. The maximum Gasteiger partial charge on any atom is 0.287 e. The van der Waals surface area contributed by atoms with Crippen LogP contribution in [-0.4, -0.2) is 42.2 Å². The lowest BCUT2D eigenvalue weighted by Gasteiger charge is -2.16. The van der Waals surface area contributed by atoms with Gasteiger partial charge in [0.1, 0.15) is 11.8 Å². The molecule has 0 aliphatic carbocycles. The summed E-state index contributed by atoms with van der Waals surface area (Å²) in [6.07, 6.45) is 3.03. The van der Waals surface area contributed by atoms with Crippen LogP contribution in [0, 0.1) is 11.3 Å². The van der Waals surface area contributed by atoms with E-state index in [-0.39, 0.29) is 23.1 Å². The summed E-state index contributed by atoms with van der Waals surface area (Å²) in [5.41, 5.74) is 1.79. The van der Waals surface area contributed by atoms with E-state index in [9.17, 15) is 10.1 Å². The van der Waals surface area contributed by atoms with Gasteiger partial charge in [-0.3, -0.25) is 4.79 Å². The van der Waals surface area contributed by atoms with Crippen LogP contribution >= 0.6 is 11.6 Å². The van der Waals surface area contributed by atoms with E-state index < -0.39 is 5.91 Å². The molecule has 0 atom stereocenters. The maximum absolute atomic E-state index is 12.2. The molecule has 9 nitrogen and oxygen atoms in total. The predicted molar refractivity (Wildman–Crippen MR) is 105 cm³/mol. The van der Waals surface area contributed by atoms with E-state index in [2.05, 4.69) is 20.3 Å². The van der Waals surface area contributed by atoms with E-state index in [1.165, 1.54) is 27.5 Å². The van der Waals surface area contributed by atoms with Gasteiger partial charge in [-0.25, -0.2) is 4.98 Å². The number of benzene rings is 1. The fraction of sp³-hybridized carbons (Fsp3) is 0.211. The fourth-order valence-electron chi connectivity index (χ4n) is 2.96. The molecule has 0 unspecified atom stereocenters. The Kier molecular flexibility index (Phi) is 5.95. The van der Waals surface area contributed by atoms with E-state index in [1.54, 1.807) is 18.3 Å².